The number of rotatable bonds is 4. The molecule has 0 fully saturated rings. The first-order valence-electron chi connectivity index (χ1n) is 4.72. The van der Waals surface area contributed by atoms with Gasteiger partial charge in [0.15, 0.2) is 0 Å². The van der Waals surface area contributed by atoms with Gasteiger partial charge in [-0.05, 0) is 37.1 Å². The highest BCUT2D eigenvalue weighted by molar-refractivity contribution is 5.77. The van der Waals surface area contributed by atoms with Gasteiger partial charge in [-0.25, -0.2) is 4.79 Å². The summed E-state index contributed by atoms with van der Waals surface area (Å²) in [7, 11) is 0. The van der Waals surface area contributed by atoms with E-state index in [9.17, 15) is 4.79 Å². The van der Waals surface area contributed by atoms with Gasteiger partial charge in [0, 0.05) is 5.69 Å². The second-order valence-corrected chi connectivity index (χ2v) is 3.52. The summed E-state index contributed by atoms with van der Waals surface area (Å²) in [5.41, 5.74) is 2.94. The summed E-state index contributed by atoms with van der Waals surface area (Å²) in [4.78, 5) is 10.7. The largest absolute Gasteiger partial charge is 0.480 e. The number of anilines is 1. The van der Waals surface area contributed by atoms with E-state index < -0.39 is 18.6 Å². The molecule has 0 saturated carbocycles. The Morgan fingerprint density at radius 2 is 2.07 bits per heavy atom. The molecule has 1 rings (SSSR count). The van der Waals surface area contributed by atoms with E-state index in [0.29, 0.717) is 5.69 Å². The molecule has 82 valence electrons. The molecule has 1 atom stereocenters. The molecule has 3 N–H and O–H groups in total. The zero-order chi connectivity index (χ0) is 11.4. The molecule has 4 nitrogen and oxygen atoms in total. The minimum Gasteiger partial charge on any atom is -0.480 e. The van der Waals surface area contributed by atoms with Crippen molar-refractivity contribution in [2.75, 3.05) is 11.9 Å². The van der Waals surface area contributed by atoms with E-state index in [1.807, 2.05) is 26.0 Å². The van der Waals surface area contributed by atoms with Gasteiger partial charge in [0.25, 0.3) is 0 Å². The number of aliphatic carboxylic acids is 1. The van der Waals surface area contributed by atoms with Gasteiger partial charge in [-0.3, -0.25) is 0 Å². The van der Waals surface area contributed by atoms with E-state index >= 15 is 0 Å². The van der Waals surface area contributed by atoms with Gasteiger partial charge in [0.05, 0.1) is 6.61 Å². The minimum absolute atomic E-state index is 0.428. The molecule has 0 aromatic heterocycles. The summed E-state index contributed by atoms with van der Waals surface area (Å²) in [5.74, 6) is -1.06. The molecular formula is C11H15NO3. The van der Waals surface area contributed by atoms with Crippen LogP contribution in [0.4, 0.5) is 5.69 Å². The lowest BCUT2D eigenvalue weighted by Gasteiger charge is -2.14. The lowest BCUT2D eigenvalue weighted by Crippen LogP contribution is -2.32. The molecule has 0 aliphatic heterocycles. The van der Waals surface area contributed by atoms with Gasteiger partial charge < -0.3 is 15.5 Å². The average molecular weight is 209 g/mol. The van der Waals surface area contributed by atoms with Crippen molar-refractivity contribution in [2.24, 2.45) is 0 Å². The van der Waals surface area contributed by atoms with Crippen LogP contribution in [0.2, 0.25) is 0 Å². The van der Waals surface area contributed by atoms with Crippen LogP contribution in [0, 0.1) is 13.8 Å². The Morgan fingerprint density at radius 3 is 2.53 bits per heavy atom. The summed E-state index contributed by atoms with van der Waals surface area (Å²) in [6.45, 7) is 3.51. The zero-order valence-corrected chi connectivity index (χ0v) is 8.82. The van der Waals surface area contributed by atoms with Crippen LogP contribution >= 0.6 is 0 Å². The highest BCUT2D eigenvalue weighted by Gasteiger charge is 2.15. The van der Waals surface area contributed by atoms with Gasteiger partial charge in [0.1, 0.15) is 6.04 Å². The van der Waals surface area contributed by atoms with Gasteiger partial charge in [-0.15, -0.1) is 0 Å². The molecule has 1 aromatic carbocycles. The second-order valence-electron chi connectivity index (χ2n) is 3.52. The molecule has 4 heteroatoms. The van der Waals surface area contributed by atoms with Crippen LogP contribution in [0.15, 0.2) is 18.2 Å². The predicted octanol–water partition coefficient (Wildman–Crippen LogP) is 1.16. The van der Waals surface area contributed by atoms with Crippen LogP contribution in [0.1, 0.15) is 11.1 Å². The fourth-order valence-corrected chi connectivity index (χ4v) is 1.22. The fraction of sp³-hybridized carbons (Fsp3) is 0.364. The number of carboxylic acid groups (broad SMARTS) is 1. The maximum absolute atomic E-state index is 10.7. The van der Waals surface area contributed by atoms with Crippen molar-refractivity contribution in [1.82, 2.24) is 0 Å². The van der Waals surface area contributed by atoms with Crippen LogP contribution in [0.25, 0.3) is 0 Å². The molecule has 0 radical (unpaired) electrons. The molecule has 0 saturated heterocycles. The number of aliphatic hydroxyl groups is 1. The molecular weight excluding hydrogens is 194 g/mol. The highest BCUT2D eigenvalue weighted by Crippen LogP contribution is 2.14. The molecule has 15 heavy (non-hydrogen) atoms. The van der Waals surface area contributed by atoms with Crippen molar-refractivity contribution in [3.8, 4) is 0 Å². The number of aryl methyl sites for hydroxylation is 2. The van der Waals surface area contributed by atoms with Crippen LogP contribution in [0.5, 0.6) is 0 Å². The Labute approximate surface area is 88.6 Å². The summed E-state index contributed by atoms with van der Waals surface area (Å²) in [6, 6.07) is 4.62. The molecule has 0 aliphatic rings. The lowest BCUT2D eigenvalue weighted by atomic mass is 10.1. The lowest BCUT2D eigenvalue weighted by molar-refractivity contribution is -0.138. The second kappa shape index (κ2) is 4.79. The van der Waals surface area contributed by atoms with E-state index in [0.717, 1.165) is 11.1 Å². The Hall–Kier alpha value is -1.55. The molecule has 0 amide bonds. The van der Waals surface area contributed by atoms with E-state index in [1.165, 1.54) is 0 Å². The molecule has 0 spiro atoms. The van der Waals surface area contributed by atoms with Crippen molar-refractivity contribution in [2.45, 2.75) is 19.9 Å². The minimum atomic E-state index is -1.06. The molecule has 1 unspecified atom stereocenters. The Bertz CT molecular complexity index is 363. The maximum atomic E-state index is 10.7. The fourth-order valence-electron chi connectivity index (χ4n) is 1.22. The smallest absolute Gasteiger partial charge is 0.328 e. The van der Waals surface area contributed by atoms with Gasteiger partial charge >= 0.3 is 5.97 Å². The number of aliphatic hydroxyl groups excluding tert-OH is 1. The normalized spacial score (nSPS) is 12.2. The van der Waals surface area contributed by atoms with Crippen molar-refractivity contribution >= 4 is 11.7 Å². The summed E-state index contributed by atoms with van der Waals surface area (Å²) >= 11 is 0. The summed E-state index contributed by atoms with van der Waals surface area (Å²) < 4.78 is 0. The SMILES string of the molecule is Cc1ccc(NC(CO)C(=O)O)cc1C. The Kier molecular flexibility index (Phi) is 3.68. The third kappa shape index (κ3) is 2.95. The molecule has 0 bridgehead atoms. The first kappa shape index (κ1) is 11.5. The van der Waals surface area contributed by atoms with Crippen molar-refractivity contribution in [3.05, 3.63) is 29.3 Å². The number of carboxylic acids is 1. The third-order valence-electron chi connectivity index (χ3n) is 2.33. The third-order valence-corrected chi connectivity index (χ3v) is 2.33. The number of hydrogen-bond donors (Lipinski definition) is 3. The van der Waals surface area contributed by atoms with Gasteiger partial charge in [-0.1, -0.05) is 6.07 Å². The van der Waals surface area contributed by atoms with E-state index in [-0.39, 0.29) is 0 Å². The first-order chi connectivity index (χ1) is 7.04. The average Bonchev–Trinajstić information content (AvgIpc) is 2.19. The summed E-state index contributed by atoms with van der Waals surface area (Å²) in [6.07, 6.45) is 0. The predicted molar refractivity (Wildman–Crippen MR) is 58.0 cm³/mol. The topological polar surface area (TPSA) is 69.6 Å². The maximum Gasteiger partial charge on any atom is 0.328 e. The van der Waals surface area contributed by atoms with Crippen molar-refractivity contribution in [3.63, 3.8) is 0 Å². The number of benzene rings is 1. The number of carbonyl (C=O) groups is 1. The van der Waals surface area contributed by atoms with Crippen LogP contribution in [-0.4, -0.2) is 28.8 Å². The Balaban J connectivity index is 2.80. The molecule has 0 aliphatic carbocycles. The Morgan fingerprint density at radius 1 is 1.40 bits per heavy atom. The van der Waals surface area contributed by atoms with E-state index in [1.54, 1.807) is 6.07 Å². The van der Waals surface area contributed by atoms with Crippen LogP contribution in [-0.2, 0) is 4.79 Å². The monoisotopic (exact) mass is 209 g/mol. The first-order valence-corrected chi connectivity index (χ1v) is 4.72. The van der Waals surface area contributed by atoms with Gasteiger partial charge in [-0.2, -0.15) is 0 Å². The van der Waals surface area contributed by atoms with Crippen molar-refractivity contribution < 1.29 is 15.0 Å². The highest BCUT2D eigenvalue weighted by atomic mass is 16.4. The van der Waals surface area contributed by atoms with Crippen LogP contribution < -0.4 is 5.32 Å². The van der Waals surface area contributed by atoms with E-state index in [4.69, 9.17) is 10.2 Å². The number of hydrogen-bond acceptors (Lipinski definition) is 3. The quantitative estimate of drug-likeness (QED) is 0.696. The van der Waals surface area contributed by atoms with E-state index in [2.05, 4.69) is 5.32 Å². The van der Waals surface area contributed by atoms with Crippen molar-refractivity contribution in [1.29, 1.82) is 0 Å². The molecule has 0 heterocycles. The summed E-state index contributed by atoms with van der Waals surface area (Å²) in [5, 5.41) is 20.3. The zero-order valence-electron chi connectivity index (χ0n) is 8.82. The van der Waals surface area contributed by atoms with Crippen LogP contribution in [0.3, 0.4) is 0 Å². The standard InChI is InChI=1S/C11H15NO3/c1-7-3-4-9(5-8(7)2)12-10(6-13)11(14)15/h3-5,10,12-13H,6H2,1-2H3,(H,14,15). The van der Waals surface area contributed by atoms with Gasteiger partial charge in [0.2, 0.25) is 0 Å². The number of nitrogens with one attached hydrogen (secondary N) is 1. The molecule has 1 aromatic rings.